The molecule has 248 valence electrons. The number of hydrogen-bond acceptors (Lipinski definition) is 7. The van der Waals surface area contributed by atoms with Gasteiger partial charge >= 0.3 is 0 Å². The number of furan rings is 1. The lowest BCUT2D eigenvalue weighted by Gasteiger charge is -2.10. The van der Waals surface area contributed by atoms with Crippen molar-refractivity contribution in [1.82, 2.24) is 19.9 Å². The lowest BCUT2D eigenvalue weighted by atomic mass is 9.99. The third kappa shape index (κ3) is 4.93. The van der Waals surface area contributed by atoms with Crippen molar-refractivity contribution in [2.75, 3.05) is 0 Å². The summed E-state index contributed by atoms with van der Waals surface area (Å²) in [5.74, 6) is 2.44. The molecule has 0 aliphatic heterocycles. The Morgan fingerprint density at radius 2 is 1.04 bits per heavy atom. The van der Waals surface area contributed by atoms with Crippen molar-refractivity contribution in [3.05, 3.63) is 158 Å². The van der Waals surface area contributed by atoms with E-state index in [2.05, 4.69) is 66.7 Å². The lowest BCUT2D eigenvalue weighted by molar-refractivity contribution is 0.620. The maximum absolute atomic E-state index is 6.26. The average Bonchev–Trinajstić information content (AvgIpc) is 3.94. The van der Waals surface area contributed by atoms with Crippen LogP contribution in [-0.4, -0.2) is 19.9 Å². The quantitative estimate of drug-likeness (QED) is 0.178. The summed E-state index contributed by atoms with van der Waals surface area (Å²) in [6.45, 7) is 0. The van der Waals surface area contributed by atoms with Gasteiger partial charge < -0.3 is 8.83 Å². The predicted octanol–water partition coefficient (Wildman–Crippen LogP) is 12.6. The smallest absolute Gasteiger partial charge is 0.227 e. The molecule has 11 aromatic rings. The Morgan fingerprint density at radius 1 is 0.377 bits per heavy atom. The molecule has 0 aliphatic rings. The molecule has 0 saturated heterocycles. The molecular formula is C46H26N4O2S. The molecule has 4 heterocycles. The average molecular weight is 699 g/mol. The maximum Gasteiger partial charge on any atom is 0.227 e. The monoisotopic (exact) mass is 698 g/mol. The third-order valence-electron chi connectivity index (χ3n) is 9.78. The number of para-hydroxylation sites is 3. The Morgan fingerprint density at radius 3 is 1.91 bits per heavy atom. The van der Waals surface area contributed by atoms with E-state index in [1.54, 1.807) is 11.3 Å². The van der Waals surface area contributed by atoms with Crippen molar-refractivity contribution in [3.63, 3.8) is 0 Å². The molecule has 0 saturated carbocycles. The summed E-state index contributed by atoms with van der Waals surface area (Å²) in [6, 6.07) is 53.6. The fourth-order valence-corrected chi connectivity index (χ4v) is 8.43. The molecule has 0 unspecified atom stereocenters. The van der Waals surface area contributed by atoms with E-state index in [0.29, 0.717) is 23.4 Å². The summed E-state index contributed by atoms with van der Waals surface area (Å²) in [6.07, 6.45) is 0. The van der Waals surface area contributed by atoms with Gasteiger partial charge in [0.2, 0.25) is 5.89 Å². The summed E-state index contributed by atoms with van der Waals surface area (Å²) < 4.78 is 14.7. The first-order chi connectivity index (χ1) is 26.2. The third-order valence-corrected chi connectivity index (χ3v) is 10.9. The number of thiophene rings is 1. The predicted molar refractivity (Wildman–Crippen MR) is 215 cm³/mol. The van der Waals surface area contributed by atoms with Crippen LogP contribution in [0.5, 0.6) is 0 Å². The zero-order valence-electron chi connectivity index (χ0n) is 28.0. The van der Waals surface area contributed by atoms with Crippen molar-refractivity contribution in [2.45, 2.75) is 0 Å². The molecule has 0 amide bonds. The zero-order valence-corrected chi connectivity index (χ0v) is 28.8. The standard InChI is InChI=1S/C46H26N4O2S/c1-2-11-27(12-3-1)43-48-44(32-16-9-21-38-41(32)31-15-4-6-19-36(31)51-38)50-45(49-43)33-17-10-22-40-42(33)34-26-29(23-24-39(34)53-40)28-13-8-14-30(25-28)46-47-35-18-5-7-20-37(35)52-46/h1-26H. The molecule has 53 heavy (non-hydrogen) atoms. The lowest BCUT2D eigenvalue weighted by Crippen LogP contribution is -2.00. The topological polar surface area (TPSA) is 77.8 Å². The molecule has 6 nitrogen and oxygen atoms in total. The second-order valence-electron chi connectivity index (χ2n) is 13.0. The molecular weight excluding hydrogens is 673 g/mol. The highest BCUT2D eigenvalue weighted by Crippen LogP contribution is 2.42. The molecule has 4 aromatic heterocycles. The number of oxazole rings is 1. The van der Waals surface area contributed by atoms with E-state index >= 15 is 0 Å². The Kier molecular flexibility index (Phi) is 6.62. The van der Waals surface area contributed by atoms with Gasteiger partial charge in [0.05, 0.1) is 0 Å². The second kappa shape index (κ2) is 11.8. The second-order valence-corrected chi connectivity index (χ2v) is 14.1. The number of nitrogens with zero attached hydrogens (tertiary/aromatic N) is 4. The van der Waals surface area contributed by atoms with Crippen LogP contribution >= 0.6 is 11.3 Å². The van der Waals surface area contributed by atoms with Gasteiger partial charge in [-0.2, -0.15) is 0 Å². The molecule has 7 aromatic carbocycles. The van der Waals surface area contributed by atoms with Gasteiger partial charge in [-0.3, -0.25) is 0 Å². The Hall–Kier alpha value is -6.96. The van der Waals surface area contributed by atoms with Crippen molar-refractivity contribution in [1.29, 1.82) is 0 Å². The normalized spacial score (nSPS) is 11.8. The van der Waals surface area contributed by atoms with Crippen LogP contribution in [0, 0.1) is 0 Å². The molecule has 0 spiro atoms. The van der Waals surface area contributed by atoms with E-state index in [1.165, 1.54) is 9.40 Å². The van der Waals surface area contributed by atoms with Crippen LogP contribution in [0.3, 0.4) is 0 Å². The van der Waals surface area contributed by atoms with Crippen LogP contribution in [0.15, 0.2) is 167 Å². The fourth-order valence-electron chi connectivity index (χ4n) is 7.31. The highest BCUT2D eigenvalue weighted by molar-refractivity contribution is 7.26. The van der Waals surface area contributed by atoms with Gasteiger partial charge in [-0.25, -0.2) is 19.9 Å². The minimum absolute atomic E-state index is 0.597. The summed E-state index contributed by atoms with van der Waals surface area (Å²) in [7, 11) is 0. The van der Waals surface area contributed by atoms with Gasteiger partial charge in [-0.05, 0) is 65.7 Å². The van der Waals surface area contributed by atoms with Gasteiger partial charge in [0.25, 0.3) is 0 Å². The summed E-state index contributed by atoms with van der Waals surface area (Å²) >= 11 is 1.77. The van der Waals surface area contributed by atoms with Crippen LogP contribution in [-0.2, 0) is 0 Å². The van der Waals surface area contributed by atoms with E-state index in [-0.39, 0.29) is 0 Å². The number of rotatable bonds is 5. The Labute approximate surface area is 306 Å². The number of fused-ring (bicyclic) bond motifs is 7. The molecule has 0 N–H and O–H groups in total. The fraction of sp³-hybridized carbons (Fsp3) is 0. The van der Waals surface area contributed by atoms with Crippen molar-refractivity contribution >= 4 is 64.5 Å². The van der Waals surface area contributed by atoms with Crippen molar-refractivity contribution in [2.24, 2.45) is 0 Å². The Bertz CT molecular complexity index is 3160. The van der Waals surface area contributed by atoms with Crippen molar-refractivity contribution < 1.29 is 8.83 Å². The summed E-state index contributed by atoms with van der Waals surface area (Å²) in [5, 5.41) is 4.28. The molecule has 11 rings (SSSR count). The van der Waals surface area contributed by atoms with E-state index in [4.69, 9.17) is 28.8 Å². The first-order valence-electron chi connectivity index (χ1n) is 17.4. The highest BCUT2D eigenvalue weighted by atomic mass is 32.1. The van der Waals surface area contributed by atoms with E-state index in [0.717, 1.165) is 77.2 Å². The first-order valence-corrected chi connectivity index (χ1v) is 18.2. The largest absolute Gasteiger partial charge is 0.456 e. The molecule has 0 bridgehead atoms. The van der Waals surface area contributed by atoms with Gasteiger partial charge in [0, 0.05) is 53.2 Å². The van der Waals surface area contributed by atoms with Crippen molar-refractivity contribution in [3.8, 4) is 56.7 Å². The first kappa shape index (κ1) is 29.7. The molecule has 0 radical (unpaired) electrons. The number of aromatic nitrogens is 4. The summed E-state index contributed by atoms with van der Waals surface area (Å²) in [4.78, 5) is 20.2. The van der Waals surface area contributed by atoms with Gasteiger partial charge in [-0.1, -0.05) is 103 Å². The molecule has 7 heteroatoms. The van der Waals surface area contributed by atoms with E-state index in [9.17, 15) is 0 Å². The number of benzene rings is 7. The van der Waals surface area contributed by atoms with E-state index in [1.807, 2.05) is 91.0 Å². The van der Waals surface area contributed by atoms with Gasteiger partial charge in [-0.15, -0.1) is 11.3 Å². The van der Waals surface area contributed by atoms with Crippen LogP contribution in [0.2, 0.25) is 0 Å². The van der Waals surface area contributed by atoms with E-state index < -0.39 is 0 Å². The highest BCUT2D eigenvalue weighted by Gasteiger charge is 2.20. The van der Waals surface area contributed by atoms with Crippen LogP contribution in [0.4, 0.5) is 0 Å². The van der Waals surface area contributed by atoms with Crippen LogP contribution < -0.4 is 0 Å². The SMILES string of the molecule is c1ccc(-c2nc(-c3cccc4oc5ccccc5c34)nc(-c3cccc4sc5ccc(-c6cccc(-c7nc8ccccc8o7)c6)cc5c34)n2)cc1. The summed E-state index contributed by atoms with van der Waals surface area (Å²) in [5.41, 5.74) is 9.14. The zero-order chi connectivity index (χ0) is 34.9. The molecule has 0 aliphatic carbocycles. The van der Waals surface area contributed by atoms with Crippen LogP contribution in [0.1, 0.15) is 0 Å². The molecule has 0 atom stereocenters. The minimum atomic E-state index is 0.597. The van der Waals surface area contributed by atoms with Crippen LogP contribution in [0.25, 0.3) is 110 Å². The Balaban J connectivity index is 1.10. The minimum Gasteiger partial charge on any atom is -0.456 e. The van der Waals surface area contributed by atoms with Gasteiger partial charge in [0.1, 0.15) is 16.7 Å². The molecule has 0 fully saturated rings. The maximum atomic E-state index is 6.26. The van der Waals surface area contributed by atoms with Gasteiger partial charge in [0.15, 0.2) is 23.1 Å². The number of hydrogen-bond donors (Lipinski definition) is 0.